The summed E-state index contributed by atoms with van der Waals surface area (Å²) in [5, 5.41) is 22.3. The van der Waals surface area contributed by atoms with Gasteiger partial charge in [-0.25, -0.2) is 0 Å². The van der Waals surface area contributed by atoms with Crippen LogP contribution in [0, 0.1) is 56.2 Å². The molecule has 0 unspecified atom stereocenters. The van der Waals surface area contributed by atoms with Crippen molar-refractivity contribution in [1.82, 2.24) is 0 Å². The van der Waals surface area contributed by atoms with Crippen LogP contribution >= 0.6 is 0 Å². The summed E-state index contributed by atoms with van der Waals surface area (Å²) in [7, 11) is 0. The molecule has 0 saturated heterocycles. The van der Waals surface area contributed by atoms with Gasteiger partial charge in [-0.15, -0.1) is 0 Å². The van der Waals surface area contributed by atoms with E-state index in [1.54, 1.807) is 0 Å². The molecule has 0 amide bonds. The second-order valence-corrected chi connectivity index (χ2v) is 15.2. The maximum absolute atomic E-state index is 12.7. The summed E-state index contributed by atoms with van der Waals surface area (Å²) < 4.78 is 0. The van der Waals surface area contributed by atoms with Gasteiger partial charge in [0.1, 0.15) is 5.78 Å². The van der Waals surface area contributed by atoms with Crippen molar-refractivity contribution >= 4 is 5.78 Å². The Morgan fingerprint density at radius 3 is 2.18 bits per heavy atom. The molecule has 0 aromatic carbocycles. The first kappa shape index (κ1) is 24.3. The molecule has 10 atom stereocenters. The van der Waals surface area contributed by atoms with Crippen LogP contribution < -0.4 is 0 Å². The summed E-state index contributed by atoms with van der Waals surface area (Å²) in [4.78, 5) is 12.7. The normalized spacial score (nSPS) is 58.0. The lowest BCUT2D eigenvalue weighted by molar-refractivity contribution is -0.279. The molecule has 0 heterocycles. The van der Waals surface area contributed by atoms with E-state index in [4.69, 9.17) is 0 Å². The van der Waals surface area contributed by atoms with Gasteiger partial charge in [0, 0.05) is 24.4 Å². The third-order valence-corrected chi connectivity index (χ3v) is 13.8. The average Bonchev–Trinajstić information content (AvgIpc) is 2.73. The molecule has 5 fully saturated rings. The van der Waals surface area contributed by atoms with E-state index < -0.39 is 0 Å². The monoisotopic (exact) mass is 458 g/mol. The Labute approximate surface area is 202 Å². The van der Waals surface area contributed by atoms with Crippen LogP contribution in [0.1, 0.15) is 113 Å². The molecule has 0 aromatic heterocycles. The van der Waals surface area contributed by atoms with Gasteiger partial charge in [0.25, 0.3) is 0 Å². The van der Waals surface area contributed by atoms with Crippen molar-refractivity contribution in [2.75, 3.05) is 6.61 Å². The van der Waals surface area contributed by atoms with Crippen LogP contribution in [0.4, 0.5) is 0 Å². The zero-order chi connectivity index (χ0) is 24.2. The largest absolute Gasteiger partial charge is 0.396 e. The molecule has 5 aliphatic rings. The third-order valence-electron chi connectivity index (χ3n) is 13.8. The first-order valence-corrected chi connectivity index (χ1v) is 14.0. The Kier molecular flexibility index (Phi) is 5.22. The van der Waals surface area contributed by atoms with E-state index in [2.05, 4.69) is 48.5 Å². The van der Waals surface area contributed by atoms with Crippen molar-refractivity contribution in [2.24, 2.45) is 56.2 Å². The van der Waals surface area contributed by atoms with Crippen molar-refractivity contribution in [2.45, 2.75) is 119 Å². The quantitative estimate of drug-likeness (QED) is 0.478. The molecular weight excluding hydrogens is 408 g/mol. The Morgan fingerprint density at radius 2 is 1.52 bits per heavy atom. The predicted molar refractivity (Wildman–Crippen MR) is 133 cm³/mol. The maximum Gasteiger partial charge on any atom is 0.136 e. The number of fused-ring (bicyclic) bond motifs is 7. The highest BCUT2D eigenvalue weighted by Crippen LogP contribution is 2.78. The van der Waals surface area contributed by atoms with Crippen LogP contribution in [-0.2, 0) is 4.79 Å². The van der Waals surface area contributed by atoms with E-state index in [9.17, 15) is 15.0 Å². The molecule has 2 N–H and O–H groups in total. The Morgan fingerprint density at radius 1 is 0.818 bits per heavy atom. The number of hydrogen-bond acceptors (Lipinski definition) is 3. The van der Waals surface area contributed by atoms with Crippen molar-refractivity contribution in [3.63, 3.8) is 0 Å². The highest BCUT2D eigenvalue weighted by Gasteiger charge is 2.72. The third kappa shape index (κ3) is 2.85. The fourth-order valence-corrected chi connectivity index (χ4v) is 11.3. The van der Waals surface area contributed by atoms with Gasteiger partial charge >= 0.3 is 0 Å². The Bertz CT molecular complexity index is 834. The number of aliphatic hydroxyl groups is 2. The van der Waals surface area contributed by atoms with E-state index in [0.29, 0.717) is 30.1 Å². The van der Waals surface area contributed by atoms with Gasteiger partial charge in [-0.05, 0) is 103 Å². The Hall–Kier alpha value is -0.410. The zero-order valence-electron chi connectivity index (χ0n) is 22.5. The summed E-state index contributed by atoms with van der Waals surface area (Å²) in [6, 6.07) is 0. The first-order chi connectivity index (χ1) is 15.2. The van der Waals surface area contributed by atoms with E-state index in [1.807, 2.05) is 0 Å². The van der Waals surface area contributed by atoms with Gasteiger partial charge in [-0.3, -0.25) is 4.79 Å². The van der Waals surface area contributed by atoms with Gasteiger partial charge in [0.2, 0.25) is 0 Å². The fraction of sp³-hybridized carbons (Fsp3) is 0.967. The lowest BCUT2D eigenvalue weighted by Gasteiger charge is -2.75. The molecule has 0 spiro atoms. The minimum Gasteiger partial charge on any atom is -0.396 e. The van der Waals surface area contributed by atoms with Crippen molar-refractivity contribution in [3.8, 4) is 0 Å². The summed E-state index contributed by atoms with van der Waals surface area (Å²) >= 11 is 0. The molecule has 0 bridgehead atoms. The van der Waals surface area contributed by atoms with Gasteiger partial charge in [0.15, 0.2) is 0 Å². The molecule has 33 heavy (non-hydrogen) atoms. The van der Waals surface area contributed by atoms with Crippen LogP contribution in [0.2, 0.25) is 0 Å². The second-order valence-electron chi connectivity index (χ2n) is 15.2. The molecule has 5 saturated carbocycles. The van der Waals surface area contributed by atoms with Crippen LogP contribution in [0.3, 0.4) is 0 Å². The first-order valence-electron chi connectivity index (χ1n) is 14.0. The number of carbonyl (C=O) groups is 1. The minimum atomic E-state index is -0.246. The lowest BCUT2D eigenvalue weighted by atomic mass is 9.29. The number of carbonyl (C=O) groups excluding carboxylic acids is 1. The van der Waals surface area contributed by atoms with E-state index >= 15 is 0 Å². The van der Waals surface area contributed by atoms with Gasteiger partial charge in [-0.1, -0.05) is 48.5 Å². The molecule has 3 heteroatoms. The average molecular weight is 459 g/mol. The summed E-state index contributed by atoms with van der Waals surface area (Å²) in [6.45, 7) is 17.0. The van der Waals surface area contributed by atoms with Crippen LogP contribution in [0.5, 0.6) is 0 Å². The molecule has 0 aliphatic heterocycles. The smallest absolute Gasteiger partial charge is 0.136 e. The van der Waals surface area contributed by atoms with E-state index in [0.717, 1.165) is 38.5 Å². The standard InChI is InChI=1S/C30H50O3/c1-19-20(32)8-9-21-27(19,5)11-10-22-28(21,6)13-15-30(18-31)23-16-25(2,3)24(33)17-26(23,4)12-14-29(22,30)7/h19,21-24,31,33H,8-18H2,1-7H3/t19-,21-,22+,23+,24+,26-,27+,28-,29+,30+/m0/s1. The lowest BCUT2D eigenvalue weighted by Crippen LogP contribution is -2.70. The Balaban J connectivity index is 1.57. The van der Waals surface area contributed by atoms with Crippen molar-refractivity contribution < 1.29 is 15.0 Å². The van der Waals surface area contributed by atoms with Gasteiger partial charge < -0.3 is 10.2 Å². The van der Waals surface area contributed by atoms with Crippen molar-refractivity contribution in [1.29, 1.82) is 0 Å². The van der Waals surface area contributed by atoms with E-state index in [-0.39, 0.29) is 44.5 Å². The number of rotatable bonds is 1. The maximum atomic E-state index is 12.7. The predicted octanol–water partition coefficient (Wildman–Crippen LogP) is 6.40. The second kappa shape index (κ2) is 7.09. The molecule has 188 valence electrons. The minimum absolute atomic E-state index is 0.0502. The number of hydrogen-bond donors (Lipinski definition) is 2. The van der Waals surface area contributed by atoms with Crippen LogP contribution in [0.15, 0.2) is 0 Å². The summed E-state index contributed by atoms with van der Waals surface area (Å²) in [5.41, 5.74) is 0.507. The highest BCUT2D eigenvalue weighted by atomic mass is 16.3. The molecule has 3 nitrogen and oxygen atoms in total. The SMILES string of the molecule is C[C@H]1C(=O)CC[C@@H]2[C@]3(C)CC[C@@]4(CO)[C@@H]5CC(C)(C)[C@H](O)C[C@]5(C)CC[C@]4(C)[C@@H]3CC[C@@]21C. The van der Waals surface area contributed by atoms with Gasteiger partial charge in [-0.2, -0.15) is 0 Å². The van der Waals surface area contributed by atoms with E-state index in [1.165, 1.54) is 25.7 Å². The molecule has 0 radical (unpaired) electrons. The zero-order valence-corrected chi connectivity index (χ0v) is 22.5. The molecule has 5 aliphatic carbocycles. The number of ketones is 1. The number of Topliss-reactive ketones (excluding diaryl/α,β-unsaturated/α-hetero) is 1. The van der Waals surface area contributed by atoms with Gasteiger partial charge in [0.05, 0.1) is 6.10 Å². The number of aliphatic hydroxyl groups excluding tert-OH is 2. The summed E-state index contributed by atoms with van der Waals surface area (Å²) in [5.74, 6) is 2.37. The van der Waals surface area contributed by atoms with Crippen molar-refractivity contribution in [3.05, 3.63) is 0 Å². The molecular formula is C30H50O3. The molecule has 0 aromatic rings. The highest BCUT2D eigenvalue weighted by molar-refractivity contribution is 5.82. The summed E-state index contributed by atoms with van der Waals surface area (Å²) in [6.07, 6.45) is 10.5. The topological polar surface area (TPSA) is 57.5 Å². The van der Waals surface area contributed by atoms with Crippen LogP contribution in [0.25, 0.3) is 0 Å². The fourth-order valence-electron chi connectivity index (χ4n) is 11.3. The molecule has 5 rings (SSSR count). The van der Waals surface area contributed by atoms with Crippen LogP contribution in [-0.4, -0.2) is 28.7 Å².